The van der Waals surface area contributed by atoms with Crippen molar-refractivity contribution >= 4 is 28.3 Å². The number of hydrogen-bond donors (Lipinski definition) is 1. The maximum atomic E-state index is 11.8. The zero-order valence-electron chi connectivity index (χ0n) is 19.2. The number of thiazole rings is 1. The zero-order chi connectivity index (χ0) is 23.5. The van der Waals surface area contributed by atoms with Crippen molar-refractivity contribution in [2.24, 2.45) is 5.41 Å². The molecule has 0 bridgehead atoms. The van der Waals surface area contributed by atoms with E-state index in [9.17, 15) is 4.79 Å². The Morgan fingerprint density at radius 1 is 1.18 bits per heavy atom. The Labute approximate surface area is 201 Å². The summed E-state index contributed by atoms with van der Waals surface area (Å²) in [5.41, 5.74) is 1.90. The first-order valence-electron chi connectivity index (χ1n) is 11.3. The fourth-order valence-corrected chi connectivity index (χ4v) is 5.06. The highest BCUT2D eigenvalue weighted by Crippen LogP contribution is 2.49. The fraction of sp³-hybridized carbons (Fsp3) is 0.478. The van der Waals surface area contributed by atoms with Gasteiger partial charge in [-0.15, -0.1) is 0 Å². The Kier molecular flexibility index (Phi) is 6.38. The number of amides is 1. The van der Waals surface area contributed by atoms with Crippen molar-refractivity contribution in [3.63, 3.8) is 0 Å². The van der Waals surface area contributed by atoms with E-state index in [1.54, 1.807) is 43.8 Å². The van der Waals surface area contributed by atoms with Crippen molar-refractivity contribution in [1.29, 1.82) is 0 Å². The number of aromatic nitrogens is 5. The van der Waals surface area contributed by atoms with Crippen LogP contribution in [0.2, 0.25) is 0 Å². The minimum atomic E-state index is 0.00229. The highest BCUT2D eigenvalue weighted by atomic mass is 32.1. The zero-order valence-corrected chi connectivity index (χ0v) is 20.0. The molecule has 178 valence electrons. The standard InChI is InChI=1S/C23H27N7O3S/c1-30(2)19(31)9-15-12-25-20(26-13-15)29-22-27-14-18(34-22)17-3-6-24-21(28-17)33-16-10-23(11-16)4-7-32-8-5-23/h3,6,12-14,16H,4-5,7-11H2,1-2H3,(H,25,26,27,29). The maximum absolute atomic E-state index is 11.8. The van der Waals surface area contributed by atoms with Gasteiger partial charge in [0.25, 0.3) is 0 Å². The molecule has 11 heteroatoms. The normalized spacial score (nSPS) is 17.2. The van der Waals surface area contributed by atoms with Gasteiger partial charge in [0.1, 0.15) is 6.10 Å². The van der Waals surface area contributed by atoms with Crippen molar-refractivity contribution in [2.45, 2.75) is 38.2 Å². The van der Waals surface area contributed by atoms with Crippen LogP contribution in [0.4, 0.5) is 11.1 Å². The van der Waals surface area contributed by atoms with Gasteiger partial charge in [0.05, 0.1) is 17.0 Å². The van der Waals surface area contributed by atoms with Gasteiger partial charge in [-0.25, -0.2) is 19.9 Å². The number of rotatable bonds is 7. The average Bonchev–Trinajstić information content (AvgIpc) is 3.29. The second kappa shape index (κ2) is 9.59. The van der Waals surface area contributed by atoms with Crippen LogP contribution in [0.15, 0.2) is 30.9 Å². The summed E-state index contributed by atoms with van der Waals surface area (Å²) in [6, 6.07) is 2.25. The first-order chi connectivity index (χ1) is 16.5. The topological polar surface area (TPSA) is 115 Å². The predicted octanol–water partition coefficient (Wildman–Crippen LogP) is 3.10. The molecule has 1 saturated heterocycles. The molecule has 34 heavy (non-hydrogen) atoms. The summed E-state index contributed by atoms with van der Waals surface area (Å²) in [6.07, 6.45) is 11.5. The van der Waals surface area contributed by atoms with Crippen LogP contribution in [-0.4, -0.2) is 69.1 Å². The molecule has 3 aromatic rings. The van der Waals surface area contributed by atoms with E-state index >= 15 is 0 Å². The minimum absolute atomic E-state index is 0.00229. The lowest BCUT2D eigenvalue weighted by atomic mass is 9.62. The van der Waals surface area contributed by atoms with Crippen molar-refractivity contribution < 1.29 is 14.3 Å². The van der Waals surface area contributed by atoms with Gasteiger partial charge in [-0.05, 0) is 42.7 Å². The number of hydrogen-bond acceptors (Lipinski definition) is 10. The van der Waals surface area contributed by atoms with E-state index in [0.29, 0.717) is 22.5 Å². The molecular weight excluding hydrogens is 454 g/mol. The molecule has 5 rings (SSSR count). The second-order valence-corrected chi connectivity index (χ2v) is 10.1. The Morgan fingerprint density at radius 3 is 2.68 bits per heavy atom. The van der Waals surface area contributed by atoms with Gasteiger partial charge in [-0.1, -0.05) is 11.3 Å². The molecule has 0 aromatic carbocycles. The Hall–Kier alpha value is -3.18. The quantitative estimate of drug-likeness (QED) is 0.543. The molecule has 1 amide bonds. The number of anilines is 2. The monoisotopic (exact) mass is 481 g/mol. The number of nitrogens with zero attached hydrogens (tertiary/aromatic N) is 6. The lowest BCUT2D eigenvalue weighted by Gasteiger charge is -2.49. The highest BCUT2D eigenvalue weighted by molar-refractivity contribution is 7.18. The lowest BCUT2D eigenvalue weighted by Crippen LogP contribution is -2.47. The van der Waals surface area contributed by atoms with Gasteiger partial charge in [-0.2, -0.15) is 4.98 Å². The van der Waals surface area contributed by atoms with E-state index in [-0.39, 0.29) is 18.4 Å². The fourth-order valence-electron chi connectivity index (χ4n) is 4.28. The number of ether oxygens (including phenoxy) is 2. The van der Waals surface area contributed by atoms with E-state index in [1.165, 1.54) is 11.3 Å². The molecule has 2 fully saturated rings. The van der Waals surface area contributed by atoms with Crippen molar-refractivity contribution in [3.8, 4) is 16.6 Å². The van der Waals surface area contributed by atoms with Crippen molar-refractivity contribution in [2.75, 3.05) is 32.6 Å². The van der Waals surface area contributed by atoms with Gasteiger partial charge in [0.2, 0.25) is 11.9 Å². The predicted molar refractivity (Wildman–Crippen MR) is 127 cm³/mol. The first kappa shape index (κ1) is 22.6. The molecule has 1 aliphatic heterocycles. The van der Waals surface area contributed by atoms with E-state index in [4.69, 9.17) is 9.47 Å². The first-order valence-corrected chi connectivity index (χ1v) is 12.1. The summed E-state index contributed by atoms with van der Waals surface area (Å²) >= 11 is 1.44. The molecule has 0 radical (unpaired) electrons. The molecule has 1 spiro atoms. The Bertz CT molecular complexity index is 1140. The summed E-state index contributed by atoms with van der Waals surface area (Å²) < 4.78 is 11.5. The molecule has 2 aliphatic rings. The van der Waals surface area contributed by atoms with E-state index < -0.39 is 0 Å². The molecule has 0 unspecified atom stereocenters. The SMILES string of the molecule is CN(C)C(=O)Cc1cnc(Nc2ncc(-c3ccnc(OC4CC5(CCOCC5)C4)n3)s2)nc1. The molecule has 4 heterocycles. The summed E-state index contributed by atoms with van der Waals surface area (Å²) in [5.74, 6) is 0.420. The average molecular weight is 482 g/mol. The largest absolute Gasteiger partial charge is 0.460 e. The maximum Gasteiger partial charge on any atom is 0.317 e. The molecule has 0 atom stereocenters. The lowest BCUT2D eigenvalue weighted by molar-refractivity contribution is -0.127. The summed E-state index contributed by atoms with van der Waals surface area (Å²) in [4.78, 5) is 36.1. The van der Waals surface area contributed by atoms with Crippen LogP contribution in [-0.2, 0) is 16.0 Å². The Morgan fingerprint density at radius 2 is 1.94 bits per heavy atom. The van der Waals surface area contributed by atoms with Gasteiger partial charge in [0, 0.05) is 52.1 Å². The van der Waals surface area contributed by atoms with Gasteiger partial charge in [0.15, 0.2) is 5.13 Å². The summed E-state index contributed by atoms with van der Waals surface area (Å²) in [7, 11) is 3.45. The third-order valence-corrected chi connectivity index (χ3v) is 7.25. The summed E-state index contributed by atoms with van der Waals surface area (Å²) in [6.45, 7) is 1.71. The van der Waals surface area contributed by atoms with Crippen LogP contribution in [0, 0.1) is 5.41 Å². The van der Waals surface area contributed by atoms with Gasteiger partial charge < -0.3 is 19.7 Å². The van der Waals surface area contributed by atoms with Crippen LogP contribution >= 0.6 is 11.3 Å². The van der Waals surface area contributed by atoms with E-state index in [1.807, 2.05) is 6.07 Å². The number of nitrogens with one attached hydrogen (secondary N) is 1. The molecule has 3 aromatic heterocycles. The van der Waals surface area contributed by atoms with Gasteiger partial charge in [-0.3, -0.25) is 4.79 Å². The van der Waals surface area contributed by atoms with Crippen LogP contribution < -0.4 is 10.1 Å². The third kappa shape index (κ3) is 5.15. The molecule has 10 nitrogen and oxygen atoms in total. The van der Waals surface area contributed by atoms with E-state index in [0.717, 1.165) is 55.0 Å². The van der Waals surface area contributed by atoms with Crippen molar-refractivity contribution in [1.82, 2.24) is 29.8 Å². The summed E-state index contributed by atoms with van der Waals surface area (Å²) in [5, 5.41) is 3.75. The van der Waals surface area contributed by atoms with Crippen LogP contribution in [0.1, 0.15) is 31.2 Å². The highest BCUT2D eigenvalue weighted by Gasteiger charge is 2.46. The molecule has 1 saturated carbocycles. The van der Waals surface area contributed by atoms with Gasteiger partial charge >= 0.3 is 6.01 Å². The molecule has 1 aliphatic carbocycles. The van der Waals surface area contributed by atoms with Crippen LogP contribution in [0.3, 0.4) is 0 Å². The van der Waals surface area contributed by atoms with Crippen LogP contribution in [0.5, 0.6) is 6.01 Å². The van der Waals surface area contributed by atoms with Crippen molar-refractivity contribution in [3.05, 3.63) is 36.4 Å². The number of carbonyl (C=O) groups excluding carboxylic acids is 1. The number of carbonyl (C=O) groups is 1. The minimum Gasteiger partial charge on any atom is -0.460 e. The third-order valence-electron chi connectivity index (χ3n) is 6.32. The smallest absolute Gasteiger partial charge is 0.317 e. The van der Waals surface area contributed by atoms with E-state index in [2.05, 4.69) is 30.2 Å². The Balaban J connectivity index is 1.18. The second-order valence-electron chi connectivity index (χ2n) is 9.02. The molecular formula is C23H27N7O3S. The van der Waals surface area contributed by atoms with Crippen LogP contribution in [0.25, 0.3) is 10.6 Å². The number of likely N-dealkylation sites (N-methyl/N-ethyl adjacent to an activating group) is 1. The molecule has 1 N–H and O–H groups in total.